The van der Waals surface area contributed by atoms with Crippen molar-refractivity contribution >= 4 is 70.4 Å². The second kappa shape index (κ2) is 13.8. The molecule has 2 aromatic heterocycles. The molecule has 0 saturated heterocycles. The number of benzene rings is 9. The van der Waals surface area contributed by atoms with Gasteiger partial charge in [0.25, 0.3) is 0 Å². The van der Waals surface area contributed by atoms with Crippen molar-refractivity contribution in [2.45, 2.75) is 0 Å². The molecule has 3 nitrogen and oxygen atoms in total. The highest BCUT2D eigenvalue weighted by Crippen LogP contribution is 2.46. The average Bonchev–Trinajstić information content (AvgIpc) is 3.90. The van der Waals surface area contributed by atoms with Gasteiger partial charge in [0.1, 0.15) is 5.52 Å². The van der Waals surface area contributed by atoms with Crippen molar-refractivity contribution in [1.82, 2.24) is 4.98 Å². The van der Waals surface area contributed by atoms with Crippen LogP contribution < -0.4 is 4.90 Å². The summed E-state index contributed by atoms with van der Waals surface area (Å²) in [5.41, 5.74) is 12.9. The third kappa shape index (κ3) is 5.86. The molecule has 0 aliphatic carbocycles. The summed E-state index contributed by atoms with van der Waals surface area (Å²) in [6.07, 6.45) is 0. The van der Waals surface area contributed by atoms with Crippen LogP contribution in [0.3, 0.4) is 0 Å². The first kappa shape index (κ1) is 33.1. The Morgan fingerprint density at radius 1 is 0.421 bits per heavy atom. The van der Waals surface area contributed by atoms with Crippen LogP contribution in [0.2, 0.25) is 0 Å². The van der Waals surface area contributed by atoms with Gasteiger partial charge >= 0.3 is 0 Å². The summed E-state index contributed by atoms with van der Waals surface area (Å²) in [6, 6.07) is 73.4. The number of anilines is 3. The zero-order valence-electron chi connectivity index (χ0n) is 30.8. The largest absolute Gasteiger partial charge is 0.436 e. The van der Waals surface area contributed by atoms with Gasteiger partial charge in [0.05, 0.1) is 0 Å². The molecule has 0 spiro atoms. The lowest BCUT2D eigenvalue weighted by molar-refractivity contribution is 0.620. The first-order valence-electron chi connectivity index (χ1n) is 19.2. The molecule has 57 heavy (non-hydrogen) atoms. The molecule has 2 heterocycles. The second-order valence-corrected chi connectivity index (χ2v) is 15.4. The molecule has 0 unspecified atom stereocenters. The van der Waals surface area contributed by atoms with Crippen molar-refractivity contribution in [3.63, 3.8) is 0 Å². The summed E-state index contributed by atoms with van der Waals surface area (Å²) in [6.45, 7) is 0. The number of oxazole rings is 1. The first-order chi connectivity index (χ1) is 28.2. The van der Waals surface area contributed by atoms with Crippen LogP contribution in [-0.2, 0) is 0 Å². The fourth-order valence-corrected chi connectivity index (χ4v) is 9.39. The molecule has 0 aliphatic heterocycles. The third-order valence-electron chi connectivity index (χ3n) is 10.9. The van der Waals surface area contributed by atoms with Crippen molar-refractivity contribution in [3.8, 4) is 44.8 Å². The van der Waals surface area contributed by atoms with E-state index in [1.54, 1.807) is 0 Å². The zero-order chi connectivity index (χ0) is 37.7. The van der Waals surface area contributed by atoms with Gasteiger partial charge in [-0.15, -0.1) is 11.3 Å². The lowest BCUT2D eigenvalue weighted by Gasteiger charge is -2.27. The highest BCUT2D eigenvalue weighted by molar-refractivity contribution is 7.26. The molecule has 268 valence electrons. The van der Waals surface area contributed by atoms with Crippen LogP contribution in [0.5, 0.6) is 0 Å². The lowest BCUT2D eigenvalue weighted by atomic mass is 9.96. The Labute approximate surface area is 334 Å². The van der Waals surface area contributed by atoms with Gasteiger partial charge < -0.3 is 9.32 Å². The molecule has 11 rings (SSSR count). The number of fused-ring (bicyclic) bond motifs is 6. The Morgan fingerprint density at radius 2 is 0.965 bits per heavy atom. The van der Waals surface area contributed by atoms with Gasteiger partial charge in [0, 0.05) is 48.4 Å². The molecule has 0 N–H and O–H groups in total. The number of hydrogen-bond acceptors (Lipinski definition) is 4. The van der Waals surface area contributed by atoms with E-state index in [-0.39, 0.29) is 0 Å². The van der Waals surface area contributed by atoms with E-state index in [0.717, 1.165) is 50.2 Å². The summed E-state index contributed by atoms with van der Waals surface area (Å²) in [4.78, 5) is 7.46. The number of hydrogen-bond donors (Lipinski definition) is 0. The minimum Gasteiger partial charge on any atom is -0.436 e. The van der Waals surface area contributed by atoms with Crippen LogP contribution in [0.4, 0.5) is 17.1 Å². The van der Waals surface area contributed by atoms with E-state index < -0.39 is 0 Å². The maximum Gasteiger partial charge on any atom is 0.227 e. The van der Waals surface area contributed by atoms with Crippen molar-refractivity contribution in [3.05, 3.63) is 206 Å². The van der Waals surface area contributed by atoms with Crippen LogP contribution in [0.25, 0.3) is 86.9 Å². The molecule has 9 aromatic carbocycles. The molecule has 0 saturated carbocycles. The molecule has 11 aromatic rings. The Bertz CT molecular complexity index is 3210. The molecule has 0 amide bonds. The number of nitrogens with zero attached hydrogens (tertiary/aromatic N) is 2. The van der Waals surface area contributed by atoms with Gasteiger partial charge in [-0.05, 0) is 99.3 Å². The maximum atomic E-state index is 6.53. The number of aromatic nitrogens is 1. The summed E-state index contributed by atoms with van der Waals surface area (Å²) >= 11 is 1.82. The van der Waals surface area contributed by atoms with Crippen LogP contribution >= 0.6 is 11.3 Å². The normalized spacial score (nSPS) is 11.5. The van der Waals surface area contributed by atoms with Crippen molar-refractivity contribution in [2.24, 2.45) is 0 Å². The first-order valence-corrected chi connectivity index (χ1v) is 20.0. The minimum absolute atomic E-state index is 0.633. The fraction of sp³-hybridized carbons (Fsp3) is 0. The predicted octanol–water partition coefficient (Wildman–Crippen LogP) is 15.5. The van der Waals surface area contributed by atoms with E-state index in [4.69, 9.17) is 9.40 Å². The smallest absolute Gasteiger partial charge is 0.227 e. The van der Waals surface area contributed by atoms with Gasteiger partial charge in [-0.25, -0.2) is 4.98 Å². The maximum absolute atomic E-state index is 6.53. The second-order valence-electron chi connectivity index (χ2n) is 14.3. The van der Waals surface area contributed by atoms with Crippen LogP contribution in [0.15, 0.2) is 211 Å². The van der Waals surface area contributed by atoms with E-state index in [9.17, 15) is 0 Å². The zero-order valence-corrected chi connectivity index (χ0v) is 31.7. The van der Waals surface area contributed by atoms with Gasteiger partial charge in [-0.2, -0.15) is 0 Å². The summed E-state index contributed by atoms with van der Waals surface area (Å²) < 4.78 is 8.97. The molecule has 0 atom stereocenters. The highest BCUT2D eigenvalue weighted by atomic mass is 32.1. The Hall–Kier alpha value is -7.27. The molecule has 0 aliphatic rings. The van der Waals surface area contributed by atoms with E-state index in [2.05, 4.69) is 181 Å². The minimum atomic E-state index is 0.633. The summed E-state index contributed by atoms with van der Waals surface area (Å²) in [5, 5.41) is 4.76. The van der Waals surface area contributed by atoms with Crippen LogP contribution in [-0.4, -0.2) is 4.98 Å². The quantitative estimate of drug-likeness (QED) is 0.163. The van der Waals surface area contributed by atoms with Gasteiger partial charge in [-0.1, -0.05) is 146 Å². The number of thiophene rings is 1. The third-order valence-corrected chi connectivity index (χ3v) is 12.1. The Balaban J connectivity index is 1.08. The van der Waals surface area contributed by atoms with E-state index in [1.807, 2.05) is 41.7 Å². The van der Waals surface area contributed by atoms with Gasteiger partial charge in [0.2, 0.25) is 5.89 Å². The highest BCUT2D eigenvalue weighted by Gasteiger charge is 2.21. The van der Waals surface area contributed by atoms with Crippen LogP contribution in [0.1, 0.15) is 0 Å². The van der Waals surface area contributed by atoms with E-state index in [1.165, 1.54) is 47.8 Å². The Morgan fingerprint density at radius 3 is 1.67 bits per heavy atom. The molecule has 4 heteroatoms. The van der Waals surface area contributed by atoms with Gasteiger partial charge in [-0.3, -0.25) is 0 Å². The molecule has 0 bridgehead atoms. The molecule has 0 radical (unpaired) electrons. The summed E-state index contributed by atoms with van der Waals surface area (Å²) in [5.74, 6) is 0.633. The predicted molar refractivity (Wildman–Crippen MR) is 241 cm³/mol. The molecular weight excluding hydrogens is 713 g/mol. The standard InChI is InChI=1S/C53H34N2OS/c1-4-14-35(15-5-1)36-24-28-41(29-25-36)55(43-32-40-20-10-11-21-44(40)46(33-43)37-16-6-2-7-17-37)42-30-26-38(27-31-42)47-34-48-51(54-53(56-48)39-18-8-3-9-19-39)50-45-22-12-13-23-49(45)57-52(47)50/h1-34H. The van der Waals surface area contributed by atoms with Crippen LogP contribution in [0, 0.1) is 0 Å². The van der Waals surface area contributed by atoms with Gasteiger partial charge in [0.15, 0.2) is 5.58 Å². The molecule has 0 fully saturated rings. The molecular formula is C53H34N2OS. The SMILES string of the molecule is c1ccc(-c2ccc(N(c3ccc(-c4cc5oc(-c6ccccc6)nc5c5c4sc4ccccc45)cc3)c3cc(-c4ccccc4)c4ccccc4c3)cc2)cc1. The fourth-order valence-electron chi connectivity index (χ4n) is 8.15. The lowest BCUT2D eigenvalue weighted by Crippen LogP contribution is -2.10. The topological polar surface area (TPSA) is 29.3 Å². The van der Waals surface area contributed by atoms with Crippen molar-refractivity contribution in [2.75, 3.05) is 4.90 Å². The van der Waals surface area contributed by atoms with E-state index in [0.29, 0.717) is 5.89 Å². The van der Waals surface area contributed by atoms with E-state index >= 15 is 0 Å². The monoisotopic (exact) mass is 746 g/mol. The van der Waals surface area contributed by atoms with Crippen molar-refractivity contribution in [1.29, 1.82) is 0 Å². The average molecular weight is 747 g/mol. The Kier molecular flexibility index (Phi) is 8.01. The van der Waals surface area contributed by atoms with Crippen molar-refractivity contribution < 1.29 is 4.42 Å². The summed E-state index contributed by atoms with van der Waals surface area (Å²) in [7, 11) is 0. The number of rotatable bonds is 7.